The predicted octanol–water partition coefficient (Wildman–Crippen LogP) is 1.20. The average Bonchev–Trinajstić information content (AvgIpc) is 3.38. The zero-order valence-corrected chi connectivity index (χ0v) is 17.5. The molecule has 0 atom stereocenters. The van der Waals surface area contributed by atoms with E-state index in [0.717, 1.165) is 11.3 Å². The Hall–Kier alpha value is -4.05. The molecule has 10 heteroatoms. The number of nitrogens with zero attached hydrogens (tertiary/aromatic N) is 4. The van der Waals surface area contributed by atoms with E-state index in [1.807, 2.05) is 41.1 Å². The summed E-state index contributed by atoms with van der Waals surface area (Å²) >= 11 is 0. The number of carbonyl (C=O) groups is 2. The number of benzene rings is 1. The SMILES string of the molecule is Cn1ncc(C(=O)NCCCO)c1C(=O)NC1=Cc2nc(-c3ccccc3)cn2CC1=N. The highest BCUT2D eigenvalue weighted by Crippen LogP contribution is 2.22. The highest BCUT2D eigenvalue weighted by molar-refractivity contribution is 6.11. The summed E-state index contributed by atoms with van der Waals surface area (Å²) in [6.07, 6.45) is 5.26. The number of carbonyl (C=O) groups excluding carboxylic acids is 2. The van der Waals surface area contributed by atoms with Gasteiger partial charge in [0, 0.05) is 38.0 Å². The lowest BCUT2D eigenvalue weighted by molar-refractivity contribution is 0.0919. The van der Waals surface area contributed by atoms with Crippen molar-refractivity contribution in [2.45, 2.75) is 13.0 Å². The maximum absolute atomic E-state index is 13.0. The topological polar surface area (TPSA) is 138 Å². The summed E-state index contributed by atoms with van der Waals surface area (Å²) in [5, 5.41) is 26.6. The van der Waals surface area contributed by atoms with Gasteiger partial charge in [-0.2, -0.15) is 5.10 Å². The molecule has 1 aliphatic heterocycles. The normalized spacial score (nSPS) is 12.8. The van der Waals surface area contributed by atoms with Crippen molar-refractivity contribution >= 4 is 23.6 Å². The molecule has 3 heterocycles. The third kappa shape index (κ3) is 4.21. The van der Waals surface area contributed by atoms with Crippen molar-refractivity contribution in [3.8, 4) is 11.3 Å². The summed E-state index contributed by atoms with van der Waals surface area (Å²) in [6, 6.07) is 9.72. The van der Waals surface area contributed by atoms with Crippen molar-refractivity contribution < 1.29 is 14.7 Å². The minimum absolute atomic E-state index is 0.0430. The monoisotopic (exact) mass is 433 g/mol. The molecule has 164 valence electrons. The number of aromatic nitrogens is 4. The molecule has 1 aliphatic rings. The van der Waals surface area contributed by atoms with Gasteiger partial charge in [0.15, 0.2) is 0 Å². The molecule has 0 spiro atoms. The van der Waals surface area contributed by atoms with Gasteiger partial charge >= 0.3 is 0 Å². The van der Waals surface area contributed by atoms with Crippen LogP contribution in [0, 0.1) is 5.41 Å². The number of nitrogens with one attached hydrogen (secondary N) is 3. The molecule has 3 aromatic rings. The number of imidazole rings is 1. The zero-order chi connectivity index (χ0) is 22.7. The first-order chi connectivity index (χ1) is 15.5. The van der Waals surface area contributed by atoms with Gasteiger partial charge in [-0.15, -0.1) is 0 Å². The minimum atomic E-state index is -0.545. The number of aliphatic hydroxyl groups is 1. The van der Waals surface area contributed by atoms with Crippen LogP contribution in [0.3, 0.4) is 0 Å². The van der Waals surface area contributed by atoms with E-state index in [2.05, 4.69) is 20.7 Å². The Morgan fingerprint density at radius 1 is 1.22 bits per heavy atom. The highest BCUT2D eigenvalue weighted by atomic mass is 16.3. The van der Waals surface area contributed by atoms with Gasteiger partial charge < -0.3 is 25.7 Å². The second-order valence-electron chi connectivity index (χ2n) is 7.33. The summed E-state index contributed by atoms with van der Waals surface area (Å²) in [4.78, 5) is 30.0. The van der Waals surface area contributed by atoms with Crippen LogP contribution in [-0.4, -0.2) is 55.1 Å². The second kappa shape index (κ2) is 8.98. The van der Waals surface area contributed by atoms with Crippen LogP contribution in [0.5, 0.6) is 0 Å². The van der Waals surface area contributed by atoms with Crippen molar-refractivity contribution in [2.24, 2.45) is 7.05 Å². The molecule has 4 N–H and O–H groups in total. The summed E-state index contributed by atoms with van der Waals surface area (Å²) in [7, 11) is 1.57. The summed E-state index contributed by atoms with van der Waals surface area (Å²) in [6.45, 7) is 0.507. The lowest BCUT2D eigenvalue weighted by atomic mass is 10.1. The van der Waals surface area contributed by atoms with E-state index in [-0.39, 0.29) is 36.7 Å². The maximum Gasteiger partial charge on any atom is 0.274 e. The number of amides is 2. The quantitative estimate of drug-likeness (QED) is 0.415. The Kier molecular flexibility index (Phi) is 5.95. The molecule has 10 nitrogen and oxygen atoms in total. The molecule has 0 fully saturated rings. The Morgan fingerprint density at radius 2 is 2.00 bits per heavy atom. The van der Waals surface area contributed by atoms with E-state index in [1.165, 1.54) is 10.9 Å². The van der Waals surface area contributed by atoms with E-state index in [1.54, 1.807) is 13.1 Å². The largest absolute Gasteiger partial charge is 0.396 e. The van der Waals surface area contributed by atoms with Gasteiger partial charge in [-0.1, -0.05) is 30.3 Å². The molecule has 1 aromatic carbocycles. The number of aliphatic hydroxyl groups excluding tert-OH is 1. The molecule has 4 rings (SSSR count). The smallest absolute Gasteiger partial charge is 0.274 e. The second-order valence-corrected chi connectivity index (χ2v) is 7.33. The first-order valence-corrected chi connectivity index (χ1v) is 10.1. The van der Waals surface area contributed by atoms with E-state index in [0.29, 0.717) is 17.9 Å². The van der Waals surface area contributed by atoms with E-state index < -0.39 is 11.8 Å². The molecule has 0 unspecified atom stereocenters. The molecular formula is C22H23N7O3. The summed E-state index contributed by atoms with van der Waals surface area (Å²) < 4.78 is 3.17. The van der Waals surface area contributed by atoms with E-state index >= 15 is 0 Å². The van der Waals surface area contributed by atoms with Gasteiger partial charge in [0.1, 0.15) is 11.5 Å². The standard InChI is InChI=1S/C22H23N7O3/c1-28-20(15(11-25-28)21(31)24-8-5-9-30)22(32)27-17-10-19-26-18(13-29(19)12-16(17)23)14-6-3-2-4-7-14/h2-4,6-7,10-11,13,23,30H,5,8-9,12H2,1H3,(H,24,31)(H,27,32). The zero-order valence-electron chi connectivity index (χ0n) is 17.5. The van der Waals surface area contributed by atoms with Gasteiger partial charge in [0.25, 0.3) is 11.8 Å². The fourth-order valence-corrected chi connectivity index (χ4v) is 3.43. The van der Waals surface area contributed by atoms with Crippen molar-refractivity contribution in [3.05, 3.63) is 65.5 Å². The number of fused-ring (bicyclic) bond motifs is 1. The molecule has 0 aliphatic carbocycles. The van der Waals surface area contributed by atoms with Crippen LogP contribution in [0.25, 0.3) is 17.3 Å². The predicted molar refractivity (Wildman–Crippen MR) is 118 cm³/mol. The average molecular weight is 433 g/mol. The van der Waals surface area contributed by atoms with E-state index in [9.17, 15) is 9.59 Å². The van der Waals surface area contributed by atoms with Crippen LogP contribution in [0.1, 0.15) is 33.1 Å². The highest BCUT2D eigenvalue weighted by Gasteiger charge is 2.25. The third-order valence-corrected chi connectivity index (χ3v) is 5.07. The fourth-order valence-electron chi connectivity index (χ4n) is 3.43. The Balaban J connectivity index is 1.56. The van der Waals surface area contributed by atoms with Crippen LogP contribution in [0.15, 0.2) is 48.4 Å². The molecular weight excluding hydrogens is 410 g/mol. The Labute approximate surface area is 184 Å². The molecule has 0 bridgehead atoms. The van der Waals surface area contributed by atoms with Crippen LogP contribution < -0.4 is 10.6 Å². The van der Waals surface area contributed by atoms with Crippen LogP contribution in [0.2, 0.25) is 0 Å². The number of hydrogen-bond donors (Lipinski definition) is 4. The lowest BCUT2D eigenvalue weighted by Gasteiger charge is -2.17. The molecule has 2 amide bonds. The first-order valence-electron chi connectivity index (χ1n) is 10.1. The lowest BCUT2D eigenvalue weighted by Crippen LogP contribution is -2.34. The van der Waals surface area contributed by atoms with Crippen LogP contribution in [0.4, 0.5) is 0 Å². The van der Waals surface area contributed by atoms with Gasteiger partial charge in [-0.3, -0.25) is 14.3 Å². The van der Waals surface area contributed by atoms with Crippen LogP contribution >= 0.6 is 0 Å². The molecule has 0 saturated carbocycles. The third-order valence-electron chi connectivity index (χ3n) is 5.07. The van der Waals surface area contributed by atoms with Crippen molar-refractivity contribution in [1.29, 1.82) is 5.41 Å². The Bertz CT molecular complexity index is 1210. The molecule has 32 heavy (non-hydrogen) atoms. The van der Waals surface area contributed by atoms with Gasteiger partial charge in [-0.25, -0.2) is 4.98 Å². The fraction of sp³-hybridized carbons (Fsp3) is 0.227. The summed E-state index contributed by atoms with van der Waals surface area (Å²) in [5.74, 6) is -0.369. The summed E-state index contributed by atoms with van der Waals surface area (Å²) in [5.41, 5.74) is 2.50. The van der Waals surface area contributed by atoms with Gasteiger partial charge in [0.2, 0.25) is 0 Å². The molecule has 0 radical (unpaired) electrons. The minimum Gasteiger partial charge on any atom is -0.396 e. The number of rotatable bonds is 7. The van der Waals surface area contributed by atoms with Crippen LogP contribution in [-0.2, 0) is 13.6 Å². The van der Waals surface area contributed by atoms with Crippen molar-refractivity contribution in [2.75, 3.05) is 13.2 Å². The number of allylic oxidation sites excluding steroid dienone is 1. The first kappa shape index (κ1) is 21.2. The molecule has 0 saturated heterocycles. The molecule has 2 aromatic heterocycles. The van der Waals surface area contributed by atoms with Gasteiger partial charge in [-0.05, 0) is 6.42 Å². The Morgan fingerprint density at radius 3 is 2.75 bits per heavy atom. The van der Waals surface area contributed by atoms with Crippen molar-refractivity contribution in [3.63, 3.8) is 0 Å². The number of hydrogen-bond acceptors (Lipinski definition) is 6. The van der Waals surface area contributed by atoms with Crippen molar-refractivity contribution in [1.82, 2.24) is 30.0 Å². The maximum atomic E-state index is 13.0. The van der Waals surface area contributed by atoms with E-state index in [4.69, 9.17) is 10.5 Å². The van der Waals surface area contributed by atoms with Gasteiger partial charge in [0.05, 0.1) is 35.4 Å². The number of aryl methyl sites for hydroxylation is 1.